The standard InChI is InChI=1S/C5H9N3O/c6-8-3-2-7-5(8)1-4-9/h2-3,9H,1,4,6H2. The van der Waals surface area contributed by atoms with E-state index in [2.05, 4.69) is 4.98 Å². The summed E-state index contributed by atoms with van der Waals surface area (Å²) in [6.45, 7) is 0.0915. The van der Waals surface area contributed by atoms with Gasteiger partial charge >= 0.3 is 0 Å². The van der Waals surface area contributed by atoms with Crippen molar-refractivity contribution in [3.05, 3.63) is 18.2 Å². The zero-order valence-electron chi connectivity index (χ0n) is 4.99. The topological polar surface area (TPSA) is 64.1 Å². The molecule has 4 nitrogen and oxygen atoms in total. The van der Waals surface area contributed by atoms with Crippen molar-refractivity contribution >= 4 is 0 Å². The van der Waals surface area contributed by atoms with Crippen molar-refractivity contribution in [2.45, 2.75) is 6.42 Å². The number of aliphatic hydroxyl groups excluding tert-OH is 1. The highest BCUT2D eigenvalue weighted by Gasteiger charge is 1.95. The molecule has 0 bridgehead atoms. The molecule has 0 aliphatic rings. The highest BCUT2D eigenvalue weighted by Crippen LogP contribution is 1.90. The van der Waals surface area contributed by atoms with Crippen molar-refractivity contribution in [3.63, 3.8) is 0 Å². The Bertz CT molecular complexity index is 184. The van der Waals surface area contributed by atoms with Gasteiger partial charge in [0.2, 0.25) is 0 Å². The summed E-state index contributed by atoms with van der Waals surface area (Å²) in [5.41, 5.74) is 0. The molecule has 1 heterocycles. The Morgan fingerprint density at radius 2 is 2.56 bits per heavy atom. The Labute approximate surface area is 52.9 Å². The van der Waals surface area contributed by atoms with Gasteiger partial charge in [-0.15, -0.1) is 0 Å². The molecule has 0 amide bonds. The van der Waals surface area contributed by atoms with Gasteiger partial charge < -0.3 is 10.9 Å². The third-order valence-corrected chi connectivity index (χ3v) is 1.08. The van der Waals surface area contributed by atoms with Crippen LogP contribution in [-0.4, -0.2) is 21.4 Å². The largest absolute Gasteiger partial charge is 0.396 e. The monoisotopic (exact) mass is 127 g/mol. The second-order valence-corrected chi connectivity index (χ2v) is 1.72. The van der Waals surface area contributed by atoms with Gasteiger partial charge in [0, 0.05) is 18.8 Å². The van der Waals surface area contributed by atoms with E-state index >= 15 is 0 Å². The molecule has 0 spiro atoms. The minimum absolute atomic E-state index is 0.0915. The van der Waals surface area contributed by atoms with E-state index in [1.54, 1.807) is 12.4 Å². The molecule has 0 radical (unpaired) electrons. The van der Waals surface area contributed by atoms with Gasteiger partial charge in [0.05, 0.1) is 6.61 Å². The fourth-order valence-electron chi connectivity index (χ4n) is 0.638. The van der Waals surface area contributed by atoms with Crippen molar-refractivity contribution in [3.8, 4) is 0 Å². The van der Waals surface area contributed by atoms with Gasteiger partial charge in [-0.25, -0.2) is 4.98 Å². The maximum atomic E-state index is 8.45. The molecular formula is C5H9N3O. The lowest BCUT2D eigenvalue weighted by molar-refractivity contribution is 0.295. The second kappa shape index (κ2) is 2.50. The number of hydrogen-bond acceptors (Lipinski definition) is 3. The van der Waals surface area contributed by atoms with E-state index in [1.165, 1.54) is 4.68 Å². The van der Waals surface area contributed by atoms with Gasteiger partial charge in [0.15, 0.2) is 0 Å². The zero-order valence-corrected chi connectivity index (χ0v) is 4.99. The number of hydrogen-bond donors (Lipinski definition) is 2. The van der Waals surface area contributed by atoms with Crippen LogP contribution in [0.5, 0.6) is 0 Å². The van der Waals surface area contributed by atoms with Gasteiger partial charge in [-0.3, -0.25) is 4.68 Å². The minimum Gasteiger partial charge on any atom is -0.396 e. The van der Waals surface area contributed by atoms with Crippen LogP contribution in [0.2, 0.25) is 0 Å². The second-order valence-electron chi connectivity index (χ2n) is 1.72. The number of rotatable bonds is 2. The SMILES string of the molecule is Nn1ccnc1CCO. The van der Waals surface area contributed by atoms with Gasteiger partial charge in [0.1, 0.15) is 5.82 Å². The lowest BCUT2D eigenvalue weighted by Crippen LogP contribution is -2.12. The van der Waals surface area contributed by atoms with Crippen molar-refractivity contribution in [2.75, 3.05) is 12.4 Å². The molecule has 0 atom stereocenters. The molecule has 1 aromatic heterocycles. The van der Waals surface area contributed by atoms with E-state index < -0.39 is 0 Å². The smallest absolute Gasteiger partial charge is 0.129 e. The van der Waals surface area contributed by atoms with E-state index in [0.29, 0.717) is 12.2 Å². The van der Waals surface area contributed by atoms with E-state index in [-0.39, 0.29) is 6.61 Å². The van der Waals surface area contributed by atoms with E-state index in [1.807, 2.05) is 0 Å². The predicted octanol–water partition coefficient (Wildman–Crippen LogP) is -0.868. The molecule has 0 aliphatic heterocycles. The molecule has 0 fully saturated rings. The first-order chi connectivity index (χ1) is 4.34. The molecule has 1 aromatic rings. The first-order valence-corrected chi connectivity index (χ1v) is 2.72. The van der Waals surface area contributed by atoms with Crippen LogP contribution in [0.4, 0.5) is 0 Å². The Hall–Kier alpha value is -1.03. The number of nitrogen functional groups attached to an aromatic ring is 1. The predicted molar refractivity (Wildman–Crippen MR) is 33.2 cm³/mol. The number of nitrogens with zero attached hydrogens (tertiary/aromatic N) is 2. The lowest BCUT2D eigenvalue weighted by Gasteiger charge is -1.95. The van der Waals surface area contributed by atoms with Crippen LogP contribution in [0.1, 0.15) is 5.82 Å². The van der Waals surface area contributed by atoms with Crippen LogP contribution in [0.3, 0.4) is 0 Å². The van der Waals surface area contributed by atoms with Gasteiger partial charge in [-0.05, 0) is 0 Å². The van der Waals surface area contributed by atoms with Gasteiger partial charge in [-0.2, -0.15) is 0 Å². The normalized spacial score (nSPS) is 9.89. The Morgan fingerprint density at radius 1 is 1.78 bits per heavy atom. The van der Waals surface area contributed by atoms with Crippen LogP contribution >= 0.6 is 0 Å². The van der Waals surface area contributed by atoms with Crippen LogP contribution in [0.25, 0.3) is 0 Å². The molecule has 1 rings (SSSR count). The highest BCUT2D eigenvalue weighted by atomic mass is 16.3. The molecular weight excluding hydrogens is 118 g/mol. The third kappa shape index (κ3) is 1.20. The molecule has 0 aliphatic carbocycles. The number of aliphatic hydroxyl groups is 1. The van der Waals surface area contributed by atoms with Crippen molar-refractivity contribution in [1.29, 1.82) is 0 Å². The summed E-state index contributed by atoms with van der Waals surface area (Å²) in [5, 5.41) is 8.45. The average molecular weight is 127 g/mol. The average Bonchev–Trinajstić information content (AvgIpc) is 2.18. The third-order valence-electron chi connectivity index (χ3n) is 1.08. The Balaban J connectivity index is 2.69. The van der Waals surface area contributed by atoms with E-state index in [4.69, 9.17) is 10.9 Å². The Kier molecular flexibility index (Phi) is 1.69. The maximum Gasteiger partial charge on any atom is 0.129 e. The van der Waals surface area contributed by atoms with Crippen molar-refractivity contribution in [2.24, 2.45) is 0 Å². The summed E-state index contributed by atoms with van der Waals surface area (Å²) in [5.74, 6) is 6.08. The molecule has 50 valence electrons. The summed E-state index contributed by atoms with van der Waals surface area (Å²) < 4.78 is 1.40. The quantitative estimate of drug-likeness (QED) is 0.508. The first kappa shape index (κ1) is 6.10. The van der Waals surface area contributed by atoms with Crippen LogP contribution < -0.4 is 5.84 Å². The summed E-state index contributed by atoms with van der Waals surface area (Å²) >= 11 is 0. The van der Waals surface area contributed by atoms with Crippen molar-refractivity contribution in [1.82, 2.24) is 9.66 Å². The van der Waals surface area contributed by atoms with E-state index in [0.717, 1.165) is 0 Å². The van der Waals surface area contributed by atoms with E-state index in [9.17, 15) is 0 Å². The molecule has 4 heteroatoms. The van der Waals surface area contributed by atoms with Crippen LogP contribution in [-0.2, 0) is 6.42 Å². The number of nitrogens with two attached hydrogens (primary N) is 1. The first-order valence-electron chi connectivity index (χ1n) is 2.72. The van der Waals surface area contributed by atoms with Gasteiger partial charge in [-0.1, -0.05) is 0 Å². The van der Waals surface area contributed by atoms with Crippen LogP contribution in [0, 0.1) is 0 Å². The maximum absolute atomic E-state index is 8.45. The molecule has 0 saturated carbocycles. The molecule has 0 unspecified atom stereocenters. The lowest BCUT2D eigenvalue weighted by atomic mass is 10.4. The highest BCUT2D eigenvalue weighted by molar-refractivity contribution is 4.91. The molecule has 3 N–H and O–H groups in total. The fraction of sp³-hybridized carbons (Fsp3) is 0.400. The van der Waals surface area contributed by atoms with Crippen LogP contribution in [0.15, 0.2) is 12.4 Å². The fourth-order valence-corrected chi connectivity index (χ4v) is 0.638. The minimum atomic E-state index is 0.0915. The summed E-state index contributed by atoms with van der Waals surface area (Å²) in [6.07, 6.45) is 3.76. The van der Waals surface area contributed by atoms with Crippen molar-refractivity contribution < 1.29 is 5.11 Å². The number of aromatic nitrogens is 2. The molecule has 0 aromatic carbocycles. The summed E-state index contributed by atoms with van der Waals surface area (Å²) in [7, 11) is 0. The molecule has 9 heavy (non-hydrogen) atoms. The zero-order chi connectivity index (χ0) is 6.69. The Morgan fingerprint density at radius 3 is 3.00 bits per heavy atom. The van der Waals surface area contributed by atoms with Gasteiger partial charge in [0.25, 0.3) is 0 Å². The number of imidazole rings is 1. The summed E-state index contributed by atoms with van der Waals surface area (Å²) in [6, 6.07) is 0. The summed E-state index contributed by atoms with van der Waals surface area (Å²) in [4.78, 5) is 3.88. The molecule has 0 saturated heterocycles.